The van der Waals surface area contributed by atoms with Gasteiger partial charge in [-0.15, -0.1) is 11.3 Å². The van der Waals surface area contributed by atoms with Crippen LogP contribution in [0.2, 0.25) is 0 Å². The Morgan fingerprint density at radius 1 is 1.29 bits per heavy atom. The van der Waals surface area contributed by atoms with Gasteiger partial charge in [0.2, 0.25) is 0 Å². The monoisotopic (exact) mass is 246 g/mol. The summed E-state index contributed by atoms with van der Waals surface area (Å²) in [5, 5.41) is 10.3. The largest absolute Gasteiger partial charge is 0.508 e. The molecule has 17 heavy (non-hydrogen) atoms. The van der Waals surface area contributed by atoms with Crippen LogP contribution < -0.4 is 5.73 Å². The zero-order chi connectivity index (χ0) is 11.8. The van der Waals surface area contributed by atoms with Crippen molar-refractivity contribution in [2.45, 2.75) is 25.3 Å². The quantitative estimate of drug-likeness (QED) is 0.813. The van der Waals surface area contributed by atoms with E-state index in [1.807, 2.05) is 12.1 Å². The van der Waals surface area contributed by atoms with Crippen LogP contribution in [-0.4, -0.2) is 10.1 Å². The number of thiazole rings is 1. The Kier molecular flexibility index (Phi) is 2.61. The van der Waals surface area contributed by atoms with E-state index in [4.69, 9.17) is 5.73 Å². The molecule has 1 aliphatic rings. The molecule has 1 heterocycles. The van der Waals surface area contributed by atoms with Gasteiger partial charge in [-0.3, -0.25) is 0 Å². The van der Waals surface area contributed by atoms with Crippen LogP contribution in [0.3, 0.4) is 0 Å². The second kappa shape index (κ2) is 4.13. The topological polar surface area (TPSA) is 59.1 Å². The molecule has 1 aliphatic carbocycles. The van der Waals surface area contributed by atoms with Gasteiger partial charge in [0.05, 0.1) is 5.69 Å². The van der Waals surface area contributed by atoms with Gasteiger partial charge in [0.15, 0.2) is 0 Å². The number of aromatic hydroxyl groups is 1. The van der Waals surface area contributed by atoms with Gasteiger partial charge in [-0.05, 0) is 43.5 Å². The lowest BCUT2D eigenvalue weighted by molar-refractivity contribution is 0.475. The average molecular weight is 246 g/mol. The first-order valence-corrected chi connectivity index (χ1v) is 6.60. The molecule has 0 saturated heterocycles. The predicted molar refractivity (Wildman–Crippen MR) is 69.1 cm³/mol. The number of rotatable bonds is 1. The Balaban J connectivity index is 2.02. The molecule has 0 bridgehead atoms. The van der Waals surface area contributed by atoms with Crippen molar-refractivity contribution in [1.29, 1.82) is 0 Å². The second-order valence-corrected chi connectivity index (χ2v) is 5.41. The summed E-state index contributed by atoms with van der Waals surface area (Å²) in [5.74, 6) is 0.284. The SMILES string of the molecule is NC1CCCc2nc(-c3ccc(O)cc3)sc21. The van der Waals surface area contributed by atoms with Crippen LogP contribution in [0.15, 0.2) is 24.3 Å². The van der Waals surface area contributed by atoms with Crippen molar-refractivity contribution >= 4 is 11.3 Å². The van der Waals surface area contributed by atoms with E-state index in [0.717, 1.165) is 35.5 Å². The average Bonchev–Trinajstić information content (AvgIpc) is 2.75. The number of aryl methyl sites for hydroxylation is 1. The number of fused-ring (bicyclic) bond motifs is 1. The molecule has 3 nitrogen and oxygen atoms in total. The summed E-state index contributed by atoms with van der Waals surface area (Å²) in [5.41, 5.74) is 8.31. The third kappa shape index (κ3) is 1.94. The van der Waals surface area contributed by atoms with Crippen LogP contribution >= 0.6 is 11.3 Å². The highest BCUT2D eigenvalue weighted by molar-refractivity contribution is 7.15. The number of hydrogen-bond donors (Lipinski definition) is 2. The first-order valence-electron chi connectivity index (χ1n) is 5.78. The van der Waals surface area contributed by atoms with Crippen LogP contribution in [0.1, 0.15) is 29.5 Å². The zero-order valence-electron chi connectivity index (χ0n) is 9.39. The lowest BCUT2D eigenvalue weighted by atomic mass is 9.99. The van der Waals surface area contributed by atoms with Gasteiger partial charge in [-0.1, -0.05) is 0 Å². The predicted octanol–water partition coefficient (Wildman–Crippen LogP) is 2.85. The summed E-state index contributed by atoms with van der Waals surface area (Å²) in [7, 11) is 0. The maximum absolute atomic E-state index is 9.27. The Hall–Kier alpha value is -1.39. The van der Waals surface area contributed by atoms with Crippen molar-refractivity contribution in [3.05, 3.63) is 34.8 Å². The van der Waals surface area contributed by atoms with E-state index in [2.05, 4.69) is 4.98 Å². The van der Waals surface area contributed by atoms with E-state index in [1.54, 1.807) is 23.5 Å². The zero-order valence-corrected chi connectivity index (χ0v) is 10.2. The summed E-state index contributed by atoms with van der Waals surface area (Å²) in [6, 6.07) is 7.32. The maximum atomic E-state index is 9.27. The van der Waals surface area contributed by atoms with Crippen LogP contribution in [0.4, 0.5) is 0 Å². The summed E-state index contributed by atoms with van der Waals surface area (Å²) < 4.78 is 0. The Morgan fingerprint density at radius 3 is 2.76 bits per heavy atom. The minimum absolute atomic E-state index is 0.155. The van der Waals surface area contributed by atoms with Gasteiger partial charge in [0.25, 0.3) is 0 Å². The first-order chi connectivity index (χ1) is 8.24. The van der Waals surface area contributed by atoms with E-state index in [9.17, 15) is 5.11 Å². The molecule has 4 heteroatoms. The number of phenolic OH excluding ortho intramolecular Hbond substituents is 1. The highest BCUT2D eigenvalue weighted by Gasteiger charge is 2.21. The summed E-state index contributed by atoms with van der Waals surface area (Å²) in [6.45, 7) is 0. The minimum Gasteiger partial charge on any atom is -0.508 e. The van der Waals surface area contributed by atoms with Crippen LogP contribution in [0, 0.1) is 0 Å². The van der Waals surface area contributed by atoms with Gasteiger partial charge >= 0.3 is 0 Å². The number of nitrogens with two attached hydrogens (primary N) is 1. The van der Waals surface area contributed by atoms with E-state index in [1.165, 1.54) is 4.88 Å². The fraction of sp³-hybridized carbons (Fsp3) is 0.308. The van der Waals surface area contributed by atoms with Gasteiger partial charge in [-0.2, -0.15) is 0 Å². The summed E-state index contributed by atoms with van der Waals surface area (Å²) in [4.78, 5) is 5.89. The molecule has 0 saturated carbocycles. The molecule has 0 amide bonds. The highest BCUT2D eigenvalue weighted by Crippen LogP contribution is 2.36. The van der Waals surface area contributed by atoms with Crippen LogP contribution in [0.25, 0.3) is 10.6 Å². The smallest absolute Gasteiger partial charge is 0.123 e. The Labute approximate surface area is 104 Å². The number of phenols is 1. The molecule has 1 aromatic carbocycles. The number of hydrogen-bond acceptors (Lipinski definition) is 4. The van der Waals surface area contributed by atoms with Crippen molar-refractivity contribution in [1.82, 2.24) is 4.98 Å². The lowest BCUT2D eigenvalue weighted by Gasteiger charge is -2.15. The molecule has 0 radical (unpaired) electrons. The lowest BCUT2D eigenvalue weighted by Crippen LogP contribution is -2.15. The molecule has 0 aliphatic heterocycles. The standard InChI is InChI=1S/C13H14N2OS/c14-10-2-1-3-11-12(10)17-13(15-11)8-4-6-9(16)7-5-8/h4-7,10,16H,1-3,14H2. The van der Waals surface area contributed by atoms with Gasteiger partial charge in [-0.25, -0.2) is 4.98 Å². The summed E-state index contributed by atoms with van der Waals surface area (Å²) >= 11 is 1.68. The molecule has 2 aromatic rings. The molecular formula is C13H14N2OS. The van der Waals surface area contributed by atoms with E-state index in [0.29, 0.717) is 0 Å². The van der Waals surface area contributed by atoms with Crippen molar-refractivity contribution in [2.75, 3.05) is 0 Å². The van der Waals surface area contributed by atoms with Crippen molar-refractivity contribution in [2.24, 2.45) is 5.73 Å². The Bertz CT molecular complexity index is 533. The molecule has 1 aromatic heterocycles. The molecule has 88 valence electrons. The van der Waals surface area contributed by atoms with Gasteiger partial charge in [0, 0.05) is 16.5 Å². The molecule has 1 unspecified atom stereocenters. The molecule has 3 rings (SSSR count). The highest BCUT2D eigenvalue weighted by atomic mass is 32.1. The molecular weight excluding hydrogens is 232 g/mol. The van der Waals surface area contributed by atoms with E-state index in [-0.39, 0.29) is 11.8 Å². The minimum atomic E-state index is 0.155. The first kappa shape index (κ1) is 10.7. The molecule has 0 spiro atoms. The van der Waals surface area contributed by atoms with Crippen LogP contribution in [-0.2, 0) is 6.42 Å². The molecule has 3 N–H and O–H groups in total. The number of benzene rings is 1. The van der Waals surface area contributed by atoms with Gasteiger partial charge < -0.3 is 10.8 Å². The Morgan fingerprint density at radius 2 is 2.06 bits per heavy atom. The third-order valence-electron chi connectivity index (χ3n) is 3.11. The maximum Gasteiger partial charge on any atom is 0.123 e. The van der Waals surface area contributed by atoms with E-state index < -0.39 is 0 Å². The number of aromatic nitrogens is 1. The normalized spacial score (nSPS) is 19.0. The fourth-order valence-corrected chi connectivity index (χ4v) is 3.33. The fourth-order valence-electron chi connectivity index (χ4n) is 2.18. The van der Waals surface area contributed by atoms with Gasteiger partial charge in [0.1, 0.15) is 10.8 Å². The van der Waals surface area contributed by atoms with Crippen molar-refractivity contribution < 1.29 is 5.11 Å². The second-order valence-electron chi connectivity index (χ2n) is 4.38. The number of nitrogens with zero attached hydrogens (tertiary/aromatic N) is 1. The van der Waals surface area contributed by atoms with E-state index >= 15 is 0 Å². The third-order valence-corrected chi connectivity index (χ3v) is 4.39. The van der Waals surface area contributed by atoms with Crippen molar-refractivity contribution in [3.8, 4) is 16.3 Å². The molecule has 0 fully saturated rings. The van der Waals surface area contributed by atoms with Crippen molar-refractivity contribution in [3.63, 3.8) is 0 Å². The van der Waals surface area contributed by atoms with Crippen LogP contribution in [0.5, 0.6) is 5.75 Å². The summed E-state index contributed by atoms with van der Waals surface area (Å²) in [6.07, 6.45) is 3.23. The molecule has 1 atom stereocenters.